The van der Waals surface area contributed by atoms with Gasteiger partial charge in [-0.25, -0.2) is 15.0 Å². The summed E-state index contributed by atoms with van der Waals surface area (Å²) in [6, 6.07) is 2.19. The van der Waals surface area contributed by atoms with Gasteiger partial charge in [0, 0.05) is 41.4 Å². The van der Waals surface area contributed by atoms with Crippen LogP contribution in [0.25, 0.3) is 0 Å². The van der Waals surface area contributed by atoms with E-state index in [-0.39, 0.29) is 6.04 Å². The number of nitrogens with zero attached hydrogens (tertiary/aromatic N) is 6. The van der Waals surface area contributed by atoms with Crippen LogP contribution in [0.4, 0.5) is 11.8 Å². The monoisotopic (exact) mass is 367 g/mol. The van der Waals surface area contributed by atoms with E-state index >= 15 is 0 Å². The standard InChI is InChI=1S/C18H21N7S/c1-12-8-13(2)23-18(22-12)24-17-16(20-5-6-21-17)15-4-3-7-25(15)10-14-9-19-11-26-14/h5-6,8-9,11,15H,3-4,7,10H2,1-2H3,(H,21,22,23,24)/t15-/m0/s1. The molecule has 1 fully saturated rings. The van der Waals surface area contributed by atoms with Crippen molar-refractivity contribution >= 4 is 23.1 Å². The second kappa shape index (κ2) is 7.43. The summed E-state index contributed by atoms with van der Waals surface area (Å²) in [5.41, 5.74) is 4.70. The highest BCUT2D eigenvalue weighted by molar-refractivity contribution is 7.09. The molecule has 0 aliphatic carbocycles. The minimum absolute atomic E-state index is 0.235. The minimum atomic E-state index is 0.235. The van der Waals surface area contributed by atoms with Gasteiger partial charge in [0.05, 0.1) is 11.6 Å². The molecular formula is C18H21N7S. The average molecular weight is 367 g/mol. The van der Waals surface area contributed by atoms with Crippen molar-refractivity contribution in [1.29, 1.82) is 0 Å². The first-order chi connectivity index (χ1) is 12.7. The van der Waals surface area contributed by atoms with Gasteiger partial charge in [0.1, 0.15) is 5.69 Å². The van der Waals surface area contributed by atoms with Crippen LogP contribution < -0.4 is 5.32 Å². The van der Waals surface area contributed by atoms with Crippen LogP contribution >= 0.6 is 11.3 Å². The normalized spacial score (nSPS) is 17.5. The first kappa shape index (κ1) is 17.0. The molecule has 1 aliphatic rings. The Bertz CT molecular complexity index is 861. The van der Waals surface area contributed by atoms with Gasteiger partial charge in [-0.3, -0.25) is 14.9 Å². The molecule has 1 atom stereocenters. The number of nitrogens with one attached hydrogen (secondary N) is 1. The predicted molar refractivity (Wildman–Crippen MR) is 101 cm³/mol. The molecule has 134 valence electrons. The second-order valence-electron chi connectivity index (χ2n) is 6.49. The molecule has 3 aromatic rings. The van der Waals surface area contributed by atoms with Crippen molar-refractivity contribution in [3.63, 3.8) is 0 Å². The van der Waals surface area contributed by atoms with Crippen molar-refractivity contribution in [2.45, 2.75) is 39.3 Å². The molecule has 4 rings (SSSR count). The Morgan fingerprint density at radius 3 is 2.77 bits per heavy atom. The number of anilines is 2. The highest BCUT2D eigenvalue weighted by Crippen LogP contribution is 2.35. The van der Waals surface area contributed by atoms with E-state index in [1.165, 1.54) is 4.88 Å². The Balaban J connectivity index is 1.60. The lowest BCUT2D eigenvalue weighted by atomic mass is 10.1. The highest BCUT2D eigenvalue weighted by Gasteiger charge is 2.30. The smallest absolute Gasteiger partial charge is 0.228 e. The molecule has 0 unspecified atom stereocenters. The highest BCUT2D eigenvalue weighted by atomic mass is 32.1. The van der Waals surface area contributed by atoms with E-state index in [1.807, 2.05) is 31.6 Å². The summed E-state index contributed by atoms with van der Waals surface area (Å²) in [6.45, 7) is 5.88. The quantitative estimate of drug-likeness (QED) is 0.740. The van der Waals surface area contributed by atoms with Gasteiger partial charge in [-0.1, -0.05) is 0 Å². The molecule has 0 bridgehead atoms. The number of aryl methyl sites for hydroxylation is 2. The summed E-state index contributed by atoms with van der Waals surface area (Å²) in [5, 5.41) is 3.28. The minimum Gasteiger partial charge on any atom is -0.307 e. The Kier molecular flexibility index (Phi) is 4.85. The average Bonchev–Trinajstić information content (AvgIpc) is 3.27. The topological polar surface area (TPSA) is 79.7 Å². The summed E-state index contributed by atoms with van der Waals surface area (Å²) in [4.78, 5) is 26.0. The van der Waals surface area contributed by atoms with Crippen molar-refractivity contribution in [2.24, 2.45) is 0 Å². The zero-order valence-corrected chi connectivity index (χ0v) is 15.7. The first-order valence-electron chi connectivity index (χ1n) is 8.70. The number of rotatable bonds is 5. The third-order valence-corrected chi connectivity index (χ3v) is 5.23. The number of aromatic nitrogens is 5. The zero-order valence-electron chi connectivity index (χ0n) is 14.9. The van der Waals surface area contributed by atoms with Crippen LogP contribution in [-0.2, 0) is 6.54 Å². The van der Waals surface area contributed by atoms with Crippen LogP contribution in [0.5, 0.6) is 0 Å². The SMILES string of the molecule is Cc1cc(C)nc(Nc2nccnc2[C@@H]2CCCN2Cc2cncs2)n1. The van der Waals surface area contributed by atoms with Crippen molar-refractivity contribution in [1.82, 2.24) is 29.8 Å². The fourth-order valence-electron chi connectivity index (χ4n) is 3.42. The van der Waals surface area contributed by atoms with E-state index in [0.717, 1.165) is 48.8 Å². The maximum atomic E-state index is 4.65. The van der Waals surface area contributed by atoms with E-state index in [4.69, 9.17) is 0 Å². The number of likely N-dealkylation sites (tertiary alicyclic amines) is 1. The van der Waals surface area contributed by atoms with Gasteiger partial charge >= 0.3 is 0 Å². The zero-order chi connectivity index (χ0) is 17.9. The second-order valence-corrected chi connectivity index (χ2v) is 7.46. The van der Waals surface area contributed by atoms with Crippen LogP contribution in [0.15, 0.2) is 30.2 Å². The third kappa shape index (κ3) is 3.71. The van der Waals surface area contributed by atoms with Gasteiger partial charge < -0.3 is 5.32 Å². The molecular weight excluding hydrogens is 346 g/mol. The summed E-state index contributed by atoms with van der Waals surface area (Å²) < 4.78 is 0. The first-order valence-corrected chi connectivity index (χ1v) is 9.58. The van der Waals surface area contributed by atoms with Crippen molar-refractivity contribution < 1.29 is 0 Å². The molecule has 0 radical (unpaired) electrons. The maximum absolute atomic E-state index is 4.65. The third-order valence-electron chi connectivity index (χ3n) is 4.46. The van der Waals surface area contributed by atoms with Crippen LogP contribution in [0, 0.1) is 13.8 Å². The molecule has 0 spiro atoms. The number of hydrogen-bond acceptors (Lipinski definition) is 8. The Morgan fingerprint density at radius 1 is 1.19 bits per heavy atom. The predicted octanol–water partition coefficient (Wildman–Crippen LogP) is 3.42. The van der Waals surface area contributed by atoms with Gasteiger partial charge in [0.25, 0.3) is 0 Å². The van der Waals surface area contributed by atoms with Crippen molar-refractivity contribution in [2.75, 3.05) is 11.9 Å². The van der Waals surface area contributed by atoms with Gasteiger partial charge in [-0.15, -0.1) is 11.3 Å². The molecule has 0 saturated carbocycles. The molecule has 7 nitrogen and oxygen atoms in total. The molecule has 8 heteroatoms. The van der Waals surface area contributed by atoms with Gasteiger partial charge in [0.2, 0.25) is 5.95 Å². The van der Waals surface area contributed by atoms with Gasteiger partial charge in [-0.2, -0.15) is 0 Å². The molecule has 1 aliphatic heterocycles. The van der Waals surface area contributed by atoms with Crippen LogP contribution in [0.1, 0.15) is 40.8 Å². The molecule has 4 heterocycles. The van der Waals surface area contributed by atoms with Crippen LogP contribution in [0.3, 0.4) is 0 Å². The van der Waals surface area contributed by atoms with E-state index < -0.39 is 0 Å². The molecule has 26 heavy (non-hydrogen) atoms. The Labute approximate surface area is 156 Å². The van der Waals surface area contributed by atoms with Crippen molar-refractivity contribution in [3.8, 4) is 0 Å². The largest absolute Gasteiger partial charge is 0.307 e. The molecule has 0 amide bonds. The lowest BCUT2D eigenvalue weighted by Gasteiger charge is -2.24. The van der Waals surface area contributed by atoms with E-state index in [1.54, 1.807) is 23.7 Å². The lowest BCUT2D eigenvalue weighted by Crippen LogP contribution is -2.24. The Hall–Kier alpha value is -2.45. The summed E-state index contributed by atoms with van der Waals surface area (Å²) >= 11 is 1.69. The molecule has 0 aromatic carbocycles. The summed E-state index contributed by atoms with van der Waals surface area (Å²) in [5.74, 6) is 1.30. The van der Waals surface area contributed by atoms with Gasteiger partial charge in [0.15, 0.2) is 5.82 Å². The fourth-order valence-corrected chi connectivity index (χ4v) is 4.04. The van der Waals surface area contributed by atoms with E-state index in [2.05, 4.69) is 35.1 Å². The van der Waals surface area contributed by atoms with Crippen LogP contribution in [-0.4, -0.2) is 36.4 Å². The summed E-state index contributed by atoms with van der Waals surface area (Å²) in [6.07, 6.45) is 7.63. The fraction of sp³-hybridized carbons (Fsp3) is 0.389. The lowest BCUT2D eigenvalue weighted by molar-refractivity contribution is 0.246. The van der Waals surface area contributed by atoms with E-state index in [9.17, 15) is 0 Å². The molecule has 1 N–H and O–H groups in total. The number of thiazole rings is 1. The van der Waals surface area contributed by atoms with E-state index in [0.29, 0.717) is 5.95 Å². The summed E-state index contributed by atoms with van der Waals surface area (Å²) in [7, 11) is 0. The maximum Gasteiger partial charge on any atom is 0.228 e. The van der Waals surface area contributed by atoms with Gasteiger partial charge in [-0.05, 0) is 39.3 Å². The molecule has 1 saturated heterocycles. The molecule has 3 aromatic heterocycles. The van der Waals surface area contributed by atoms with Crippen LogP contribution in [0.2, 0.25) is 0 Å². The number of hydrogen-bond donors (Lipinski definition) is 1. The van der Waals surface area contributed by atoms with Crippen molar-refractivity contribution in [3.05, 3.63) is 52.1 Å². The Morgan fingerprint density at radius 2 is 2.00 bits per heavy atom.